The van der Waals surface area contributed by atoms with E-state index in [4.69, 9.17) is 4.74 Å². The van der Waals surface area contributed by atoms with Crippen molar-refractivity contribution in [3.63, 3.8) is 0 Å². The summed E-state index contributed by atoms with van der Waals surface area (Å²) in [5.41, 5.74) is 0.0832. The van der Waals surface area contributed by atoms with Crippen molar-refractivity contribution in [2.45, 2.75) is 31.7 Å². The second-order valence-corrected chi connectivity index (χ2v) is 10.1. The predicted molar refractivity (Wildman–Crippen MR) is 121 cm³/mol. The van der Waals surface area contributed by atoms with Crippen molar-refractivity contribution in [1.29, 1.82) is 0 Å². The van der Waals surface area contributed by atoms with E-state index in [1.54, 1.807) is 12.1 Å². The van der Waals surface area contributed by atoms with Gasteiger partial charge in [0.2, 0.25) is 0 Å². The summed E-state index contributed by atoms with van der Waals surface area (Å²) in [6.45, 7) is 10.4. The van der Waals surface area contributed by atoms with Gasteiger partial charge in [-0.15, -0.1) is 0 Å². The van der Waals surface area contributed by atoms with Crippen LogP contribution >= 0.6 is 8.46 Å². The Morgan fingerprint density at radius 2 is 1.72 bits per heavy atom. The summed E-state index contributed by atoms with van der Waals surface area (Å²) in [5.74, 6) is 2.60. The first kappa shape index (κ1) is 21.6. The second kappa shape index (κ2) is 8.28. The molecule has 1 aromatic carbocycles. The number of nitro groups is 1. The molecule has 0 radical (unpaired) electrons. The topological polar surface area (TPSA) is 79.2 Å². The summed E-state index contributed by atoms with van der Waals surface area (Å²) in [7, 11) is -0.648. The molecule has 1 aromatic rings. The van der Waals surface area contributed by atoms with Crippen LogP contribution in [0.4, 0.5) is 5.69 Å². The van der Waals surface area contributed by atoms with E-state index in [0.717, 1.165) is 64.3 Å². The molecule has 10 heteroatoms. The van der Waals surface area contributed by atoms with Crippen LogP contribution in [-0.4, -0.2) is 88.5 Å². The van der Waals surface area contributed by atoms with Crippen LogP contribution in [-0.2, 0) is 15.7 Å². The minimum Gasteiger partial charge on any atom is -0.350 e. The van der Waals surface area contributed by atoms with Gasteiger partial charge in [-0.3, -0.25) is 14.9 Å². The third-order valence-corrected chi connectivity index (χ3v) is 8.61. The maximum absolute atomic E-state index is 13.1. The van der Waals surface area contributed by atoms with E-state index >= 15 is 0 Å². The van der Waals surface area contributed by atoms with Gasteiger partial charge in [0, 0.05) is 51.3 Å². The molecular weight excluding hydrogens is 429 g/mol. The Hall–Kier alpha value is -2.22. The molecule has 0 bridgehead atoms. The lowest BCUT2D eigenvalue weighted by Crippen LogP contribution is -2.75. The van der Waals surface area contributed by atoms with Gasteiger partial charge in [0.05, 0.1) is 24.6 Å². The highest BCUT2D eigenvalue weighted by Gasteiger charge is 2.67. The molecule has 0 N–H and O–H groups in total. The zero-order valence-corrected chi connectivity index (χ0v) is 19.7. The number of hydrogen-bond acceptors (Lipinski definition) is 7. The Labute approximate surface area is 190 Å². The number of quaternary nitrogens is 1. The van der Waals surface area contributed by atoms with Gasteiger partial charge in [0.1, 0.15) is 13.0 Å². The van der Waals surface area contributed by atoms with Gasteiger partial charge in [-0.1, -0.05) is 16.7 Å². The summed E-state index contributed by atoms with van der Waals surface area (Å²) in [6, 6.07) is 6.64. The number of hydrogen-bond donors (Lipinski definition) is 0. The van der Waals surface area contributed by atoms with Crippen molar-refractivity contribution in [1.82, 2.24) is 14.7 Å². The molecule has 0 spiro atoms. The molecule has 2 fully saturated rings. The first-order chi connectivity index (χ1) is 15.5. The van der Waals surface area contributed by atoms with E-state index in [9.17, 15) is 14.7 Å². The lowest BCUT2D eigenvalue weighted by molar-refractivity contribution is -0.965. The van der Waals surface area contributed by atoms with Gasteiger partial charge < -0.3 is 14.7 Å². The largest absolute Gasteiger partial charge is 0.424 e. The van der Waals surface area contributed by atoms with Crippen LogP contribution in [0.2, 0.25) is 0 Å². The quantitative estimate of drug-likeness (QED) is 0.267. The number of nitro benzene ring substituents is 1. The summed E-state index contributed by atoms with van der Waals surface area (Å²) in [5, 5.41) is 11.1. The average molecular weight is 462 g/mol. The van der Waals surface area contributed by atoms with Crippen molar-refractivity contribution in [2.24, 2.45) is 0 Å². The van der Waals surface area contributed by atoms with Crippen LogP contribution in [0.3, 0.4) is 0 Å². The predicted octanol–water partition coefficient (Wildman–Crippen LogP) is 2.54. The minimum atomic E-state index is -0.904. The van der Waals surface area contributed by atoms with Gasteiger partial charge in [-0.25, -0.2) is 4.48 Å². The number of non-ortho nitro benzene ring substituents is 1. The molecule has 0 aliphatic carbocycles. The van der Waals surface area contributed by atoms with Crippen LogP contribution < -0.4 is 0 Å². The molecular formula is C22H32N5O4P+2. The summed E-state index contributed by atoms with van der Waals surface area (Å²) in [4.78, 5) is 18.3. The van der Waals surface area contributed by atoms with E-state index in [0.29, 0.717) is 17.5 Å². The fraction of sp³-hybridized carbons (Fsp3) is 0.636. The Morgan fingerprint density at radius 1 is 1.03 bits per heavy atom. The van der Waals surface area contributed by atoms with Gasteiger partial charge >= 0.3 is 13.9 Å². The monoisotopic (exact) mass is 461 g/mol. The van der Waals surface area contributed by atoms with Gasteiger partial charge in [-0.05, 0) is 18.9 Å². The molecule has 3 atom stereocenters. The van der Waals surface area contributed by atoms with Gasteiger partial charge in [-0.2, -0.15) is 0 Å². The first-order valence-corrected chi connectivity index (χ1v) is 12.6. The lowest BCUT2D eigenvalue weighted by Gasteiger charge is -2.59. The van der Waals surface area contributed by atoms with E-state index in [1.165, 1.54) is 30.2 Å². The maximum atomic E-state index is 13.1. The molecule has 4 heterocycles. The normalized spacial score (nSPS) is 26.7. The summed E-state index contributed by atoms with van der Waals surface area (Å²) in [6.07, 6.45) is 2.68. The van der Waals surface area contributed by atoms with Crippen molar-refractivity contribution in [3.8, 4) is 0 Å². The Bertz CT molecular complexity index is 933. The van der Waals surface area contributed by atoms with Crippen LogP contribution in [0.1, 0.15) is 25.3 Å². The molecule has 0 amide bonds. The fourth-order valence-electron chi connectivity index (χ4n) is 6.16. The van der Waals surface area contributed by atoms with E-state index in [-0.39, 0.29) is 10.6 Å². The molecule has 4 aliphatic heterocycles. The SMILES string of the molecule is CCOC(Cc1ccc([N+](=O)[O-])cc1)([PH+]=O)[N+]12CCCN3CCN4CCCN(CC1)C4=C32. The molecule has 4 aliphatic rings. The standard InChI is InChI=1S/C22H31N5O4P/c1-2-31-22(32-30,17-18-5-7-19(8-6-18)26(28)29)27-15-4-11-25-13-12-23-9-3-10-24(14-16-27)20(23)21(25)27/h5-8H,2-4,9-17H2,1H3/q+1/p+1. The maximum Gasteiger partial charge on any atom is 0.424 e. The van der Waals surface area contributed by atoms with Crippen LogP contribution in [0.25, 0.3) is 0 Å². The molecule has 32 heavy (non-hydrogen) atoms. The third-order valence-electron chi connectivity index (χ3n) is 7.54. The van der Waals surface area contributed by atoms with Crippen molar-refractivity contribution in [3.05, 3.63) is 51.6 Å². The van der Waals surface area contributed by atoms with E-state index in [2.05, 4.69) is 14.7 Å². The first-order valence-electron chi connectivity index (χ1n) is 11.7. The highest BCUT2D eigenvalue weighted by molar-refractivity contribution is 7.25. The lowest BCUT2D eigenvalue weighted by atomic mass is 10.0. The van der Waals surface area contributed by atoms with Gasteiger partial charge in [0.15, 0.2) is 5.82 Å². The fourth-order valence-corrected chi connectivity index (χ4v) is 7.14. The van der Waals surface area contributed by atoms with Crippen molar-refractivity contribution in [2.75, 3.05) is 59.0 Å². The number of rotatable bonds is 7. The summed E-state index contributed by atoms with van der Waals surface area (Å²) < 4.78 is 20.2. The average Bonchev–Trinajstić information content (AvgIpc) is 2.82. The molecule has 2 saturated heterocycles. The van der Waals surface area contributed by atoms with Crippen molar-refractivity contribution < 1.29 is 18.7 Å². The zero-order valence-electron chi connectivity index (χ0n) is 18.7. The number of ether oxygens (including phenoxy) is 1. The molecule has 172 valence electrons. The number of nitrogens with zero attached hydrogens (tertiary/aromatic N) is 5. The smallest absolute Gasteiger partial charge is 0.350 e. The molecule has 9 nitrogen and oxygen atoms in total. The summed E-state index contributed by atoms with van der Waals surface area (Å²) >= 11 is 0. The second-order valence-electron chi connectivity index (χ2n) is 9.15. The minimum absolute atomic E-state index is 0.0696. The molecule has 5 rings (SSSR count). The van der Waals surface area contributed by atoms with Crippen LogP contribution in [0.15, 0.2) is 35.9 Å². The zero-order chi connectivity index (χ0) is 22.3. The molecule has 0 aromatic heterocycles. The Kier molecular flexibility index (Phi) is 5.60. The van der Waals surface area contributed by atoms with Crippen molar-refractivity contribution >= 4 is 14.1 Å². The third kappa shape index (κ3) is 3.21. The Morgan fingerprint density at radius 3 is 2.41 bits per heavy atom. The molecule has 0 saturated carbocycles. The van der Waals surface area contributed by atoms with Gasteiger partial charge in [0.25, 0.3) is 11.5 Å². The van der Waals surface area contributed by atoms with Crippen LogP contribution in [0, 0.1) is 10.1 Å². The molecule has 3 unspecified atom stereocenters. The Balaban J connectivity index is 1.62. The van der Waals surface area contributed by atoms with E-state index < -0.39 is 13.9 Å². The highest BCUT2D eigenvalue weighted by atomic mass is 31.1. The highest BCUT2D eigenvalue weighted by Crippen LogP contribution is 2.50. The van der Waals surface area contributed by atoms with E-state index in [1.807, 2.05) is 6.92 Å². The van der Waals surface area contributed by atoms with Crippen LogP contribution in [0.5, 0.6) is 0 Å². The number of benzene rings is 1.